The fourth-order valence-electron chi connectivity index (χ4n) is 2.21. The van der Waals surface area contributed by atoms with Gasteiger partial charge in [0, 0.05) is 6.07 Å². The van der Waals surface area contributed by atoms with E-state index in [1.165, 1.54) is 18.2 Å². The molecule has 1 heterocycles. The van der Waals surface area contributed by atoms with Crippen molar-refractivity contribution in [2.75, 3.05) is 6.67 Å². The largest absolute Gasteiger partial charge is 0.478 e. The number of hydrogen-bond acceptors (Lipinski definition) is 4. The lowest BCUT2D eigenvalue weighted by Gasteiger charge is -2.22. The molecule has 0 radical (unpaired) electrons. The molecule has 0 bridgehead atoms. The van der Waals surface area contributed by atoms with Gasteiger partial charge in [0.1, 0.15) is 33.7 Å². The van der Waals surface area contributed by atoms with Gasteiger partial charge in [-0.2, -0.15) is 13.2 Å². The Balaban J connectivity index is 1.99. The van der Waals surface area contributed by atoms with Crippen LogP contribution >= 0.6 is 0 Å². The van der Waals surface area contributed by atoms with E-state index < -0.39 is 28.8 Å². The van der Waals surface area contributed by atoms with Crippen LogP contribution in [0.1, 0.15) is 0 Å². The molecule has 1 unspecified atom stereocenters. The number of hydrogen-bond donors (Lipinski definition) is 0. The Morgan fingerprint density at radius 2 is 1.71 bits per heavy atom. The van der Waals surface area contributed by atoms with E-state index in [4.69, 9.17) is 4.74 Å². The Kier molecular flexibility index (Phi) is 3.90. The van der Waals surface area contributed by atoms with E-state index in [-0.39, 0.29) is 27.0 Å². The maximum Gasteiger partial charge on any atom is 0.428 e. The van der Waals surface area contributed by atoms with Crippen molar-refractivity contribution in [2.45, 2.75) is 22.1 Å². The summed E-state index contributed by atoms with van der Waals surface area (Å²) in [6.45, 7) is -1.76. The summed E-state index contributed by atoms with van der Waals surface area (Å²) in [6.07, 6.45) is -7.52. The van der Waals surface area contributed by atoms with Crippen molar-refractivity contribution in [3.8, 4) is 17.2 Å². The Labute approximate surface area is 134 Å². The second-order valence-corrected chi connectivity index (χ2v) is 6.85. The molecule has 0 spiro atoms. The Hall–Kier alpha value is -2.29. The average Bonchev–Trinajstić information content (AvgIpc) is 2.51. The molecule has 1 aliphatic heterocycles. The van der Waals surface area contributed by atoms with Crippen LogP contribution in [-0.2, 0) is 9.84 Å². The van der Waals surface area contributed by atoms with Crippen molar-refractivity contribution in [3.05, 3.63) is 42.5 Å². The maximum atomic E-state index is 12.6. The first-order valence-corrected chi connectivity index (χ1v) is 8.17. The molecule has 1 aliphatic rings. The van der Waals surface area contributed by atoms with Gasteiger partial charge >= 0.3 is 6.18 Å². The number of ether oxygens (including phenoxy) is 2. The fourth-order valence-corrected chi connectivity index (χ4v) is 3.69. The molecule has 0 saturated heterocycles. The van der Waals surface area contributed by atoms with Crippen molar-refractivity contribution in [3.63, 3.8) is 0 Å². The van der Waals surface area contributed by atoms with Crippen molar-refractivity contribution < 1.29 is 35.5 Å². The summed E-state index contributed by atoms with van der Waals surface area (Å²) in [5, 5.41) is 0. The van der Waals surface area contributed by atoms with E-state index >= 15 is 0 Å². The smallest absolute Gasteiger partial charge is 0.428 e. The van der Waals surface area contributed by atoms with E-state index in [9.17, 15) is 26.0 Å². The zero-order chi connectivity index (χ0) is 17.5. The van der Waals surface area contributed by atoms with E-state index in [2.05, 4.69) is 4.74 Å². The SMILES string of the molecule is O=S1(=O)c2ccccc2Oc2cc(OC(CF)C(F)(F)F)ccc21. The van der Waals surface area contributed by atoms with Gasteiger partial charge in [-0.25, -0.2) is 12.8 Å². The Morgan fingerprint density at radius 1 is 1.04 bits per heavy atom. The van der Waals surface area contributed by atoms with Crippen LogP contribution in [0, 0.1) is 0 Å². The highest BCUT2D eigenvalue weighted by Gasteiger charge is 2.42. The third-order valence-electron chi connectivity index (χ3n) is 3.35. The molecule has 3 rings (SSSR count). The molecule has 2 aromatic rings. The molecular weight excluding hydrogens is 352 g/mol. The number of sulfone groups is 1. The van der Waals surface area contributed by atoms with Gasteiger partial charge < -0.3 is 9.47 Å². The molecule has 9 heteroatoms. The van der Waals surface area contributed by atoms with Crippen molar-refractivity contribution in [1.29, 1.82) is 0 Å². The lowest BCUT2D eigenvalue weighted by molar-refractivity contribution is -0.198. The molecule has 128 valence electrons. The Bertz CT molecular complexity index is 877. The standard InChI is InChI=1S/C15H10F4O4S/c16-8-14(15(17,18)19)22-9-5-6-13-11(7-9)23-10-3-1-2-4-12(10)24(13,20)21/h1-7,14H,8H2. The number of fused-ring (bicyclic) bond motifs is 2. The molecule has 0 N–H and O–H groups in total. The maximum absolute atomic E-state index is 12.6. The van der Waals surface area contributed by atoms with Crippen LogP contribution in [0.2, 0.25) is 0 Å². The van der Waals surface area contributed by atoms with Gasteiger partial charge in [-0.05, 0) is 24.3 Å². The minimum absolute atomic E-state index is 0.0388. The Morgan fingerprint density at radius 3 is 2.38 bits per heavy atom. The minimum atomic E-state index is -4.88. The molecule has 1 atom stereocenters. The van der Waals surface area contributed by atoms with E-state index in [1.807, 2.05) is 0 Å². The van der Waals surface area contributed by atoms with Crippen molar-refractivity contribution >= 4 is 9.84 Å². The zero-order valence-electron chi connectivity index (χ0n) is 11.9. The predicted molar refractivity (Wildman–Crippen MR) is 74.9 cm³/mol. The topological polar surface area (TPSA) is 52.6 Å². The first-order valence-electron chi connectivity index (χ1n) is 6.69. The summed E-state index contributed by atoms with van der Waals surface area (Å²) >= 11 is 0. The second-order valence-electron chi connectivity index (χ2n) is 4.96. The monoisotopic (exact) mass is 362 g/mol. The number of alkyl halides is 4. The van der Waals surface area contributed by atoms with Gasteiger partial charge in [0.15, 0.2) is 0 Å². The van der Waals surface area contributed by atoms with Gasteiger partial charge in [-0.1, -0.05) is 12.1 Å². The predicted octanol–water partition coefficient (Wildman–Crippen LogP) is 3.90. The van der Waals surface area contributed by atoms with Gasteiger partial charge in [0.2, 0.25) is 15.9 Å². The summed E-state index contributed by atoms with van der Waals surface area (Å²) in [5.41, 5.74) is 0. The third kappa shape index (κ3) is 2.79. The molecule has 0 amide bonds. The summed E-state index contributed by atoms with van der Waals surface area (Å²) in [7, 11) is -3.86. The van der Waals surface area contributed by atoms with E-state index in [0.29, 0.717) is 0 Å². The van der Waals surface area contributed by atoms with Crippen LogP contribution in [0.4, 0.5) is 17.6 Å². The average molecular weight is 362 g/mol. The lowest BCUT2D eigenvalue weighted by atomic mass is 10.3. The van der Waals surface area contributed by atoms with E-state index in [1.54, 1.807) is 6.07 Å². The molecular formula is C15H10F4O4S. The highest BCUT2D eigenvalue weighted by Crippen LogP contribution is 2.44. The van der Waals surface area contributed by atoms with Crippen LogP contribution in [0.3, 0.4) is 0 Å². The third-order valence-corrected chi connectivity index (χ3v) is 5.18. The lowest BCUT2D eigenvalue weighted by Crippen LogP contribution is -2.36. The van der Waals surface area contributed by atoms with E-state index in [0.717, 1.165) is 18.2 Å². The molecule has 0 aromatic heterocycles. The fraction of sp³-hybridized carbons (Fsp3) is 0.200. The van der Waals surface area contributed by atoms with Crippen LogP contribution in [0.25, 0.3) is 0 Å². The normalized spacial score (nSPS) is 16.5. The summed E-state index contributed by atoms with van der Waals surface area (Å²) in [5.74, 6) is -0.464. The minimum Gasteiger partial charge on any atom is -0.478 e. The highest BCUT2D eigenvalue weighted by molar-refractivity contribution is 7.91. The molecule has 24 heavy (non-hydrogen) atoms. The van der Waals surface area contributed by atoms with Crippen LogP contribution in [0.5, 0.6) is 17.2 Å². The quantitative estimate of drug-likeness (QED) is 0.663. The van der Waals surface area contributed by atoms with Gasteiger partial charge in [-0.3, -0.25) is 0 Å². The molecule has 4 nitrogen and oxygen atoms in total. The number of halogens is 4. The first kappa shape index (κ1) is 16.6. The van der Waals surface area contributed by atoms with Gasteiger partial charge in [0.05, 0.1) is 0 Å². The first-order chi connectivity index (χ1) is 11.2. The number of para-hydroxylation sites is 1. The van der Waals surface area contributed by atoms with Gasteiger partial charge in [-0.15, -0.1) is 0 Å². The molecule has 2 aromatic carbocycles. The van der Waals surface area contributed by atoms with Gasteiger partial charge in [0.25, 0.3) is 0 Å². The molecule has 0 saturated carbocycles. The molecule has 0 aliphatic carbocycles. The zero-order valence-corrected chi connectivity index (χ0v) is 12.7. The van der Waals surface area contributed by atoms with Crippen LogP contribution in [0.15, 0.2) is 52.3 Å². The summed E-state index contributed by atoms with van der Waals surface area (Å²) in [6, 6.07) is 8.96. The number of rotatable bonds is 3. The second kappa shape index (κ2) is 5.66. The highest BCUT2D eigenvalue weighted by atomic mass is 32.2. The van der Waals surface area contributed by atoms with Crippen molar-refractivity contribution in [1.82, 2.24) is 0 Å². The summed E-state index contributed by atoms with van der Waals surface area (Å²) < 4.78 is 85.2. The summed E-state index contributed by atoms with van der Waals surface area (Å²) in [4.78, 5) is -0.236. The van der Waals surface area contributed by atoms with Crippen LogP contribution in [-0.4, -0.2) is 27.4 Å². The number of benzene rings is 2. The van der Waals surface area contributed by atoms with Crippen molar-refractivity contribution in [2.24, 2.45) is 0 Å². The van der Waals surface area contributed by atoms with Crippen LogP contribution < -0.4 is 9.47 Å². The molecule has 0 fully saturated rings.